The first-order valence-corrected chi connectivity index (χ1v) is 9.91. The summed E-state index contributed by atoms with van der Waals surface area (Å²) in [7, 11) is 0. The van der Waals surface area contributed by atoms with Crippen molar-refractivity contribution in [2.75, 3.05) is 36.8 Å². The highest BCUT2D eigenvalue weighted by atomic mass is 35.5. The van der Waals surface area contributed by atoms with Gasteiger partial charge in [0.15, 0.2) is 0 Å². The Kier molecular flexibility index (Phi) is 6.59. The Morgan fingerprint density at radius 1 is 1.08 bits per heavy atom. The van der Waals surface area contributed by atoms with Crippen LogP contribution in [0.3, 0.4) is 0 Å². The van der Waals surface area contributed by atoms with Crippen LogP contribution in [0.5, 0.6) is 0 Å². The second-order valence-corrected chi connectivity index (χ2v) is 7.57. The van der Waals surface area contributed by atoms with Gasteiger partial charge < -0.3 is 9.80 Å². The van der Waals surface area contributed by atoms with Crippen molar-refractivity contribution in [3.63, 3.8) is 0 Å². The molecule has 2 heterocycles. The number of thioether (sulfide) groups is 1. The molecular weight excluding hydrogens is 354 g/mol. The van der Waals surface area contributed by atoms with Gasteiger partial charge in [0.25, 0.3) is 0 Å². The van der Waals surface area contributed by atoms with Crippen LogP contribution in [0.1, 0.15) is 12.8 Å². The SMILES string of the molecule is O=C(CCCSc1ccc(Cl)cc1)N1CCN(c2ccccn2)CC1. The molecule has 4 nitrogen and oxygen atoms in total. The highest BCUT2D eigenvalue weighted by Crippen LogP contribution is 2.21. The van der Waals surface area contributed by atoms with E-state index in [0.29, 0.717) is 6.42 Å². The number of nitrogens with zero attached hydrogens (tertiary/aromatic N) is 3. The highest BCUT2D eigenvalue weighted by molar-refractivity contribution is 7.99. The van der Waals surface area contributed by atoms with E-state index in [4.69, 9.17) is 11.6 Å². The molecule has 6 heteroatoms. The summed E-state index contributed by atoms with van der Waals surface area (Å²) < 4.78 is 0. The van der Waals surface area contributed by atoms with E-state index in [1.165, 1.54) is 4.90 Å². The number of amides is 1. The van der Waals surface area contributed by atoms with Gasteiger partial charge in [-0.25, -0.2) is 4.98 Å². The van der Waals surface area contributed by atoms with Crippen LogP contribution in [0.2, 0.25) is 5.02 Å². The van der Waals surface area contributed by atoms with E-state index < -0.39 is 0 Å². The lowest BCUT2D eigenvalue weighted by molar-refractivity contribution is -0.131. The average molecular weight is 376 g/mol. The molecule has 25 heavy (non-hydrogen) atoms. The minimum absolute atomic E-state index is 0.261. The molecular formula is C19H22ClN3OS. The lowest BCUT2D eigenvalue weighted by Gasteiger charge is -2.35. The molecule has 0 bridgehead atoms. The summed E-state index contributed by atoms with van der Waals surface area (Å²) in [6.45, 7) is 3.25. The molecule has 1 fully saturated rings. The van der Waals surface area contributed by atoms with Crippen LogP contribution in [0.15, 0.2) is 53.6 Å². The van der Waals surface area contributed by atoms with Crippen molar-refractivity contribution in [1.29, 1.82) is 0 Å². The van der Waals surface area contributed by atoms with Crippen molar-refractivity contribution in [3.05, 3.63) is 53.7 Å². The number of piperazine rings is 1. The average Bonchev–Trinajstić information content (AvgIpc) is 2.67. The van der Waals surface area contributed by atoms with Crippen molar-refractivity contribution in [3.8, 4) is 0 Å². The monoisotopic (exact) mass is 375 g/mol. The third-order valence-electron chi connectivity index (χ3n) is 4.22. The molecule has 3 rings (SSSR count). The third kappa shape index (κ3) is 5.38. The van der Waals surface area contributed by atoms with Gasteiger partial charge in [-0.1, -0.05) is 17.7 Å². The number of pyridine rings is 1. The third-order valence-corrected chi connectivity index (χ3v) is 5.57. The number of aromatic nitrogens is 1. The van der Waals surface area contributed by atoms with Crippen molar-refractivity contribution in [2.24, 2.45) is 0 Å². The first kappa shape index (κ1) is 18.1. The summed E-state index contributed by atoms with van der Waals surface area (Å²) >= 11 is 7.65. The number of carbonyl (C=O) groups excluding carboxylic acids is 1. The number of hydrogen-bond acceptors (Lipinski definition) is 4. The molecule has 1 aromatic heterocycles. The van der Waals surface area contributed by atoms with Gasteiger partial charge >= 0.3 is 0 Å². The smallest absolute Gasteiger partial charge is 0.222 e. The number of carbonyl (C=O) groups is 1. The molecule has 0 atom stereocenters. The van der Waals surface area contributed by atoms with Crippen molar-refractivity contribution < 1.29 is 4.79 Å². The molecule has 2 aromatic rings. The molecule has 0 N–H and O–H groups in total. The lowest BCUT2D eigenvalue weighted by Crippen LogP contribution is -2.49. The number of anilines is 1. The molecule has 0 radical (unpaired) electrons. The Morgan fingerprint density at radius 2 is 1.84 bits per heavy atom. The number of halogens is 1. The second-order valence-electron chi connectivity index (χ2n) is 5.96. The van der Waals surface area contributed by atoms with Gasteiger partial charge in [0.05, 0.1) is 0 Å². The van der Waals surface area contributed by atoms with Gasteiger partial charge in [0, 0.05) is 48.7 Å². The summed E-state index contributed by atoms with van der Waals surface area (Å²) in [5.41, 5.74) is 0. The summed E-state index contributed by atoms with van der Waals surface area (Å²) in [6.07, 6.45) is 3.32. The number of hydrogen-bond donors (Lipinski definition) is 0. The maximum absolute atomic E-state index is 12.4. The Bertz CT molecular complexity index is 673. The van der Waals surface area contributed by atoms with E-state index >= 15 is 0 Å². The summed E-state index contributed by atoms with van der Waals surface area (Å²) in [5.74, 6) is 2.20. The molecule has 0 aliphatic carbocycles. The topological polar surface area (TPSA) is 36.4 Å². The van der Waals surface area contributed by atoms with Gasteiger partial charge in [0.2, 0.25) is 5.91 Å². The zero-order valence-corrected chi connectivity index (χ0v) is 15.7. The number of benzene rings is 1. The van der Waals surface area contributed by atoms with E-state index in [-0.39, 0.29) is 5.91 Å². The maximum atomic E-state index is 12.4. The zero-order chi connectivity index (χ0) is 17.5. The molecule has 1 aliphatic heterocycles. The molecule has 0 spiro atoms. The van der Waals surface area contributed by atoms with Crippen LogP contribution >= 0.6 is 23.4 Å². The standard InChI is InChI=1S/C19H22ClN3OS/c20-16-6-8-17(9-7-16)25-15-3-5-19(24)23-13-11-22(12-14-23)18-4-1-2-10-21-18/h1-2,4,6-10H,3,5,11-15H2. The van der Waals surface area contributed by atoms with Crippen LogP contribution in [-0.4, -0.2) is 47.7 Å². The summed E-state index contributed by atoms with van der Waals surface area (Å²) in [6, 6.07) is 13.8. The highest BCUT2D eigenvalue weighted by Gasteiger charge is 2.21. The minimum Gasteiger partial charge on any atom is -0.353 e. The fraction of sp³-hybridized carbons (Fsp3) is 0.368. The van der Waals surface area contributed by atoms with E-state index in [2.05, 4.69) is 9.88 Å². The Labute approximate surface area is 158 Å². The van der Waals surface area contributed by atoms with Gasteiger partial charge in [-0.15, -0.1) is 11.8 Å². The Hall–Kier alpha value is -1.72. The fourth-order valence-electron chi connectivity index (χ4n) is 2.83. The van der Waals surface area contributed by atoms with E-state index in [0.717, 1.165) is 49.2 Å². The van der Waals surface area contributed by atoms with Crippen molar-refractivity contribution >= 4 is 35.1 Å². The predicted molar refractivity (Wildman–Crippen MR) is 104 cm³/mol. The van der Waals surface area contributed by atoms with Gasteiger partial charge in [-0.3, -0.25) is 4.79 Å². The largest absolute Gasteiger partial charge is 0.353 e. The Morgan fingerprint density at radius 3 is 2.52 bits per heavy atom. The van der Waals surface area contributed by atoms with Crippen LogP contribution in [0, 0.1) is 0 Å². The van der Waals surface area contributed by atoms with Gasteiger partial charge in [0.1, 0.15) is 5.82 Å². The quantitative estimate of drug-likeness (QED) is 0.565. The molecule has 1 aliphatic rings. The van der Waals surface area contributed by atoms with Gasteiger partial charge in [-0.2, -0.15) is 0 Å². The molecule has 0 saturated carbocycles. The van der Waals surface area contributed by atoms with Crippen LogP contribution in [0.4, 0.5) is 5.82 Å². The van der Waals surface area contributed by atoms with Gasteiger partial charge in [-0.05, 0) is 48.6 Å². The van der Waals surface area contributed by atoms with Crippen LogP contribution in [0.25, 0.3) is 0 Å². The molecule has 1 amide bonds. The lowest BCUT2D eigenvalue weighted by atomic mass is 10.2. The van der Waals surface area contributed by atoms with Crippen molar-refractivity contribution in [1.82, 2.24) is 9.88 Å². The normalized spacial score (nSPS) is 14.6. The minimum atomic E-state index is 0.261. The summed E-state index contributed by atoms with van der Waals surface area (Å²) in [5, 5.41) is 0.754. The molecule has 132 valence electrons. The van der Waals surface area contributed by atoms with Crippen molar-refractivity contribution in [2.45, 2.75) is 17.7 Å². The molecule has 1 saturated heterocycles. The molecule has 1 aromatic carbocycles. The summed E-state index contributed by atoms with van der Waals surface area (Å²) in [4.78, 5) is 22.2. The van der Waals surface area contributed by atoms with E-state index in [1.54, 1.807) is 11.8 Å². The molecule has 0 unspecified atom stereocenters. The second kappa shape index (κ2) is 9.11. The predicted octanol–water partition coefficient (Wildman–Crippen LogP) is 3.96. The van der Waals surface area contributed by atoms with Crippen LogP contribution in [-0.2, 0) is 4.79 Å². The fourth-order valence-corrected chi connectivity index (χ4v) is 3.81. The Balaban J connectivity index is 1.36. The van der Waals surface area contributed by atoms with E-state index in [1.807, 2.05) is 53.6 Å². The number of rotatable bonds is 6. The zero-order valence-electron chi connectivity index (χ0n) is 14.1. The first-order chi connectivity index (χ1) is 12.2. The van der Waals surface area contributed by atoms with Crippen LogP contribution < -0.4 is 4.90 Å². The van der Waals surface area contributed by atoms with E-state index in [9.17, 15) is 4.79 Å². The first-order valence-electron chi connectivity index (χ1n) is 8.54. The maximum Gasteiger partial charge on any atom is 0.222 e.